The lowest BCUT2D eigenvalue weighted by molar-refractivity contribution is -0.136. The summed E-state index contributed by atoms with van der Waals surface area (Å²) in [6.45, 7) is 3.93. The van der Waals surface area contributed by atoms with Gasteiger partial charge in [-0.05, 0) is 44.2 Å². The molecule has 0 bridgehead atoms. The van der Waals surface area contributed by atoms with E-state index >= 15 is 0 Å². The highest BCUT2D eigenvalue weighted by molar-refractivity contribution is 5.85. The van der Waals surface area contributed by atoms with Gasteiger partial charge in [0.1, 0.15) is 0 Å². The Hall–Kier alpha value is -3.03. The quantitative estimate of drug-likeness (QED) is 0.791. The number of ether oxygens (including phenoxy) is 2. The maximum Gasteiger partial charge on any atom is 0.239 e. The maximum absolute atomic E-state index is 13.1. The fraction of sp³-hybridized carbons (Fsp3) is 0.522. The maximum atomic E-state index is 13.1. The molecule has 0 atom stereocenters. The SMILES string of the molecule is CCOc1cccc2c1OCCCCCNC(=O)CN(C(=O)CCc1cnn(C)c1)C2. The number of fused-ring (bicyclic) bond motifs is 1. The summed E-state index contributed by atoms with van der Waals surface area (Å²) in [5, 5.41) is 7.08. The second kappa shape index (κ2) is 11.4. The molecule has 8 heteroatoms. The van der Waals surface area contributed by atoms with Crippen molar-refractivity contribution in [3.63, 3.8) is 0 Å². The van der Waals surface area contributed by atoms with Gasteiger partial charge in [-0.2, -0.15) is 5.10 Å². The van der Waals surface area contributed by atoms with Gasteiger partial charge < -0.3 is 19.7 Å². The fourth-order valence-electron chi connectivity index (χ4n) is 3.60. The van der Waals surface area contributed by atoms with Crippen LogP contribution in [0.4, 0.5) is 0 Å². The van der Waals surface area contributed by atoms with Gasteiger partial charge >= 0.3 is 0 Å². The van der Waals surface area contributed by atoms with E-state index < -0.39 is 0 Å². The minimum atomic E-state index is -0.141. The average molecular weight is 429 g/mol. The lowest BCUT2D eigenvalue weighted by Crippen LogP contribution is -2.40. The number of amides is 2. The molecular weight excluding hydrogens is 396 g/mol. The van der Waals surface area contributed by atoms with Crippen LogP contribution in [0.1, 0.15) is 43.7 Å². The summed E-state index contributed by atoms with van der Waals surface area (Å²) in [7, 11) is 1.85. The van der Waals surface area contributed by atoms with E-state index in [1.807, 2.05) is 38.4 Å². The molecule has 1 aromatic carbocycles. The molecule has 1 aliphatic heterocycles. The molecule has 3 rings (SSSR count). The lowest BCUT2D eigenvalue weighted by Gasteiger charge is -2.24. The molecule has 0 unspecified atom stereocenters. The van der Waals surface area contributed by atoms with Gasteiger partial charge in [0.25, 0.3) is 0 Å². The zero-order chi connectivity index (χ0) is 22.1. The van der Waals surface area contributed by atoms with Crippen LogP contribution < -0.4 is 14.8 Å². The third-order valence-electron chi connectivity index (χ3n) is 5.18. The highest BCUT2D eigenvalue weighted by Crippen LogP contribution is 2.33. The number of nitrogens with one attached hydrogen (secondary N) is 1. The predicted molar refractivity (Wildman–Crippen MR) is 117 cm³/mol. The molecule has 1 N–H and O–H groups in total. The number of nitrogens with zero attached hydrogens (tertiary/aromatic N) is 3. The minimum Gasteiger partial charge on any atom is -0.490 e. The standard InChI is InChI=1S/C23H32N4O4/c1-3-30-20-9-7-8-19-16-27(22(29)11-10-18-14-25-26(2)15-18)17-21(28)24-12-5-4-6-13-31-23(19)20/h7-9,14-15H,3-6,10-13,16-17H2,1-2H3,(H,24,28). The molecular formula is C23H32N4O4. The van der Waals surface area contributed by atoms with Crippen molar-refractivity contribution in [2.45, 2.75) is 45.6 Å². The van der Waals surface area contributed by atoms with Crippen LogP contribution in [0.15, 0.2) is 30.6 Å². The van der Waals surface area contributed by atoms with E-state index in [1.54, 1.807) is 15.8 Å². The second-order valence-electron chi connectivity index (χ2n) is 7.71. The molecule has 2 amide bonds. The topological polar surface area (TPSA) is 85.7 Å². The number of carbonyl (C=O) groups is 2. The van der Waals surface area contributed by atoms with Crippen LogP contribution in [-0.4, -0.2) is 52.8 Å². The highest BCUT2D eigenvalue weighted by Gasteiger charge is 2.21. The average Bonchev–Trinajstić information content (AvgIpc) is 3.17. The Morgan fingerprint density at radius 2 is 2.13 bits per heavy atom. The first-order valence-electron chi connectivity index (χ1n) is 11.0. The first-order chi connectivity index (χ1) is 15.1. The second-order valence-corrected chi connectivity index (χ2v) is 7.71. The van der Waals surface area contributed by atoms with E-state index in [2.05, 4.69) is 10.4 Å². The Morgan fingerprint density at radius 1 is 1.26 bits per heavy atom. The van der Waals surface area contributed by atoms with Gasteiger partial charge in [-0.1, -0.05) is 12.1 Å². The Kier molecular flexibility index (Phi) is 8.32. The summed E-state index contributed by atoms with van der Waals surface area (Å²) in [5.41, 5.74) is 1.83. The Morgan fingerprint density at radius 3 is 2.90 bits per heavy atom. The van der Waals surface area contributed by atoms with Crippen LogP contribution in [0.5, 0.6) is 11.5 Å². The molecule has 8 nitrogen and oxygen atoms in total. The van der Waals surface area contributed by atoms with Crippen LogP contribution in [0.3, 0.4) is 0 Å². The van der Waals surface area contributed by atoms with Crippen LogP contribution >= 0.6 is 0 Å². The van der Waals surface area contributed by atoms with Crippen molar-refractivity contribution >= 4 is 11.8 Å². The van der Waals surface area contributed by atoms with E-state index in [4.69, 9.17) is 9.47 Å². The molecule has 0 aliphatic carbocycles. The van der Waals surface area contributed by atoms with Gasteiger partial charge in [0.15, 0.2) is 11.5 Å². The van der Waals surface area contributed by atoms with Crippen molar-refractivity contribution in [2.75, 3.05) is 26.3 Å². The first kappa shape index (κ1) is 22.7. The monoisotopic (exact) mass is 428 g/mol. The Labute approximate surface area is 183 Å². The van der Waals surface area contributed by atoms with Crippen molar-refractivity contribution in [3.8, 4) is 11.5 Å². The minimum absolute atomic E-state index is 0.0180. The van der Waals surface area contributed by atoms with E-state index in [9.17, 15) is 9.59 Å². The first-order valence-corrected chi connectivity index (χ1v) is 11.0. The lowest BCUT2D eigenvalue weighted by atomic mass is 10.1. The van der Waals surface area contributed by atoms with E-state index in [-0.39, 0.29) is 24.9 Å². The summed E-state index contributed by atoms with van der Waals surface area (Å²) in [6.07, 6.45) is 7.27. The molecule has 168 valence electrons. The number of hydrogen-bond donors (Lipinski definition) is 1. The fourth-order valence-corrected chi connectivity index (χ4v) is 3.60. The van der Waals surface area contributed by atoms with Gasteiger partial charge in [0.05, 0.1) is 26.0 Å². The molecule has 1 aromatic heterocycles. The van der Waals surface area contributed by atoms with Gasteiger partial charge in [0.2, 0.25) is 11.8 Å². The number of rotatable bonds is 5. The van der Waals surface area contributed by atoms with Gasteiger partial charge in [-0.25, -0.2) is 0 Å². The van der Waals surface area contributed by atoms with Crippen molar-refractivity contribution < 1.29 is 19.1 Å². The smallest absolute Gasteiger partial charge is 0.239 e. The van der Waals surface area contributed by atoms with E-state index in [1.165, 1.54) is 0 Å². The Balaban J connectivity index is 1.81. The summed E-state index contributed by atoms with van der Waals surface area (Å²) < 4.78 is 13.6. The van der Waals surface area contributed by atoms with E-state index in [0.717, 1.165) is 30.4 Å². The predicted octanol–water partition coefficient (Wildman–Crippen LogP) is 2.46. The van der Waals surface area contributed by atoms with Crippen LogP contribution in [0.25, 0.3) is 0 Å². The zero-order valence-corrected chi connectivity index (χ0v) is 18.4. The molecule has 0 saturated heterocycles. The normalized spacial score (nSPS) is 15.5. The van der Waals surface area contributed by atoms with Crippen LogP contribution in [0.2, 0.25) is 0 Å². The molecule has 1 aliphatic rings. The zero-order valence-electron chi connectivity index (χ0n) is 18.4. The number of aryl methyl sites for hydroxylation is 2. The molecule has 0 saturated carbocycles. The number of aromatic nitrogens is 2. The number of para-hydroxylation sites is 1. The summed E-state index contributed by atoms with van der Waals surface area (Å²) >= 11 is 0. The van der Waals surface area contributed by atoms with Crippen molar-refractivity contribution in [1.82, 2.24) is 20.0 Å². The largest absolute Gasteiger partial charge is 0.490 e. The molecule has 2 aromatic rings. The molecule has 2 heterocycles. The molecule has 0 radical (unpaired) electrons. The third-order valence-corrected chi connectivity index (χ3v) is 5.18. The van der Waals surface area contributed by atoms with E-state index in [0.29, 0.717) is 44.1 Å². The number of hydrogen-bond acceptors (Lipinski definition) is 5. The van der Waals surface area contributed by atoms with Crippen LogP contribution in [0, 0.1) is 0 Å². The van der Waals surface area contributed by atoms with Crippen molar-refractivity contribution in [3.05, 3.63) is 41.7 Å². The van der Waals surface area contributed by atoms with Gasteiger partial charge in [-0.3, -0.25) is 14.3 Å². The van der Waals surface area contributed by atoms with Gasteiger partial charge in [0, 0.05) is 38.3 Å². The van der Waals surface area contributed by atoms with Gasteiger partial charge in [-0.15, -0.1) is 0 Å². The summed E-state index contributed by atoms with van der Waals surface area (Å²) in [5.74, 6) is 1.11. The van der Waals surface area contributed by atoms with Crippen molar-refractivity contribution in [1.29, 1.82) is 0 Å². The van der Waals surface area contributed by atoms with Crippen LogP contribution in [-0.2, 0) is 29.6 Å². The molecule has 0 fully saturated rings. The summed E-state index contributed by atoms with van der Waals surface area (Å²) in [6, 6.07) is 5.70. The number of benzene rings is 1. The van der Waals surface area contributed by atoms with Crippen molar-refractivity contribution in [2.24, 2.45) is 7.05 Å². The third kappa shape index (κ3) is 6.73. The number of carbonyl (C=O) groups excluding carboxylic acids is 2. The molecule has 0 spiro atoms. The Bertz CT molecular complexity index is 880. The molecule has 31 heavy (non-hydrogen) atoms. The summed E-state index contributed by atoms with van der Waals surface area (Å²) in [4.78, 5) is 27.2. The highest BCUT2D eigenvalue weighted by atomic mass is 16.5.